The maximum atomic E-state index is 13.1. The van der Waals surface area contributed by atoms with Crippen LogP contribution in [0, 0.1) is 5.92 Å². The molecule has 1 unspecified atom stereocenters. The Morgan fingerprint density at radius 3 is 2.54 bits per heavy atom. The van der Waals surface area contributed by atoms with Gasteiger partial charge in [0.15, 0.2) is 0 Å². The number of nitrogens with one attached hydrogen (secondary N) is 2. The third-order valence-corrected chi connectivity index (χ3v) is 7.28. The van der Waals surface area contributed by atoms with E-state index in [4.69, 9.17) is 0 Å². The first-order chi connectivity index (χ1) is 12.4. The van der Waals surface area contributed by atoms with Crippen molar-refractivity contribution in [3.05, 3.63) is 58.1 Å². The van der Waals surface area contributed by atoms with E-state index in [-0.39, 0.29) is 16.8 Å². The number of carbonyl (C=O) groups is 1. The van der Waals surface area contributed by atoms with Crippen LogP contribution in [-0.2, 0) is 21.2 Å². The van der Waals surface area contributed by atoms with E-state index in [0.29, 0.717) is 28.9 Å². The average Bonchev–Trinajstić information content (AvgIpc) is 3.44. The van der Waals surface area contributed by atoms with Gasteiger partial charge in [0.25, 0.3) is 0 Å². The fourth-order valence-electron chi connectivity index (χ4n) is 3.34. The Balaban J connectivity index is 1.67. The molecule has 136 valence electrons. The minimum absolute atomic E-state index is 0.0454. The maximum Gasteiger partial charge on any atom is 0.242 e. The van der Waals surface area contributed by atoms with Crippen LogP contribution >= 0.6 is 15.9 Å². The number of sulfonamides is 1. The summed E-state index contributed by atoms with van der Waals surface area (Å²) in [5.74, 6) is 0.291. The SMILES string of the molecule is O=C1CCc2cc(S(=O)(=O)NC(c3ccccc3)C3CC3)c(Br)cc2N1. The van der Waals surface area contributed by atoms with Gasteiger partial charge >= 0.3 is 0 Å². The van der Waals surface area contributed by atoms with Crippen molar-refractivity contribution in [1.82, 2.24) is 4.72 Å². The summed E-state index contributed by atoms with van der Waals surface area (Å²) in [7, 11) is -3.70. The maximum absolute atomic E-state index is 13.1. The molecule has 0 aromatic heterocycles. The molecular formula is C19H19BrN2O3S. The highest BCUT2D eigenvalue weighted by Crippen LogP contribution is 2.42. The first-order valence-electron chi connectivity index (χ1n) is 8.63. The van der Waals surface area contributed by atoms with E-state index in [2.05, 4.69) is 26.0 Å². The fourth-order valence-corrected chi connectivity index (χ4v) is 5.73. The molecule has 0 bridgehead atoms. The predicted octanol–water partition coefficient (Wildman–Crippen LogP) is 3.76. The second kappa shape index (κ2) is 6.79. The highest BCUT2D eigenvalue weighted by Gasteiger charge is 2.36. The third-order valence-electron chi connectivity index (χ3n) is 4.88. The smallest absolute Gasteiger partial charge is 0.242 e. The van der Waals surface area contributed by atoms with Gasteiger partial charge in [-0.3, -0.25) is 4.79 Å². The summed E-state index contributed by atoms with van der Waals surface area (Å²) in [6.45, 7) is 0. The van der Waals surface area contributed by atoms with Crippen LogP contribution < -0.4 is 10.0 Å². The lowest BCUT2D eigenvalue weighted by molar-refractivity contribution is -0.116. The van der Waals surface area contributed by atoms with Crippen molar-refractivity contribution in [3.63, 3.8) is 0 Å². The summed E-state index contributed by atoms with van der Waals surface area (Å²) in [4.78, 5) is 11.8. The molecule has 7 heteroatoms. The van der Waals surface area contributed by atoms with Crippen molar-refractivity contribution in [3.8, 4) is 0 Å². The molecule has 5 nitrogen and oxygen atoms in total. The molecule has 1 saturated carbocycles. The zero-order valence-corrected chi connectivity index (χ0v) is 16.4. The van der Waals surface area contributed by atoms with Gasteiger partial charge in [-0.1, -0.05) is 30.3 Å². The van der Waals surface area contributed by atoms with Crippen molar-refractivity contribution in [2.45, 2.75) is 36.6 Å². The van der Waals surface area contributed by atoms with Crippen LogP contribution in [0.15, 0.2) is 51.8 Å². The van der Waals surface area contributed by atoms with Crippen LogP contribution in [0.4, 0.5) is 5.69 Å². The summed E-state index contributed by atoms with van der Waals surface area (Å²) in [5, 5.41) is 2.79. The second-order valence-electron chi connectivity index (χ2n) is 6.84. The molecule has 0 saturated heterocycles. The first-order valence-corrected chi connectivity index (χ1v) is 10.9. The van der Waals surface area contributed by atoms with Crippen LogP contribution in [0.1, 0.15) is 36.4 Å². The number of hydrogen-bond acceptors (Lipinski definition) is 3. The van der Waals surface area contributed by atoms with E-state index in [1.54, 1.807) is 12.1 Å². The lowest BCUT2D eigenvalue weighted by Gasteiger charge is -2.22. The monoisotopic (exact) mass is 434 g/mol. The Morgan fingerprint density at radius 2 is 1.85 bits per heavy atom. The third kappa shape index (κ3) is 3.56. The van der Waals surface area contributed by atoms with Gasteiger partial charge in [-0.15, -0.1) is 0 Å². The van der Waals surface area contributed by atoms with Gasteiger partial charge in [-0.25, -0.2) is 13.1 Å². The second-order valence-corrected chi connectivity index (χ2v) is 9.37. The molecule has 0 spiro atoms. The van der Waals surface area contributed by atoms with Crippen LogP contribution in [0.5, 0.6) is 0 Å². The molecule has 1 amide bonds. The molecule has 2 N–H and O–H groups in total. The van der Waals surface area contributed by atoms with Crippen molar-refractivity contribution >= 4 is 37.5 Å². The van der Waals surface area contributed by atoms with Crippen molar-refractivity contribution in [2.24, 2.45) is 5.92 Å². The number of carbonyl (C=O) groups excluding carboxylic acids is 1. The minimum atomic E-state index is -3.70. The van der Waals surface area contributed by atoms with Gasteiger partial charge in [0.2, 0.25) is 15.9 Å². The molecule has 2 aromatic carbocycles. The summed E-state index contributed by atoms with van der Waals surface area (Å²) in [5.41, 5.74) is 2.50. The van der Waals surface area contributed by atoms with Gasteiger partial charge in [0.05, 0.1) is 4.90 Å². The van der Waals surface area contributed by atoms with E-state index in [1.807, 2.05) is 30.3 Å². The molecule has 2 aromatic rings. The zero-order chi connectivity index (χ0) is 18.3. The Labute approximate surface area is 161 Å². The van der Waals surface area contributed by atoms with Gasteiger partial charge in [-0.2, -0.15) is 0 Å². The van der Waals surface area contributed by atoms with E-state index in [1.165, 1.54) is 0 Å². The molecule has 2 aliphatic rings. The highest BCUT2D eigenvalue weighted by molar-refractivity contribution is 9.10. The van der Waals surface area contributed by atoms with Crippen molar-refractivity contribution in [1.29, 1.82) is 0 Å². The Kier molecular flexibility index (Phi) is 4.62. The average molecular weight is 435 g/mol. The molecular weight excluding hydrogens is 416 g/mol. The number of rotatable bonds is 5. The van der Waals surface area contributed by atoms with Crippen LogP contribution in [0.2, 0.25) is 0 Å². The Hall–Kier alpha value is -1.70. The van der Waals surface area contributed by atoms with Gasteiger partial charge in [-0.05, 0) is 64.4 Å². The molecule has 1 aliphatic carbocycles. The summed E-state index contributed by atoms with van der Waals surface area (Å²) < 4.78 is 29.5. The highest BCUT2D eigenvalue weighted by atomic mass is 79.9. The number of hydrogen-bond donors (Lipinski definition) is 2. The quantitative estimate of drug-likeness (QED) is 0.751. The summed E-state index contributed by atoms with van der Waals surface area (Å²) in [6.07, 6.45) is 2.97. The first kappa shape index (κ1) is 17.7. The van der Waals surface area contributed by atoms with Gasteiger partial charge in [0.1, 0.15) is 0 Å². The molecule has 1 atom stereocenters. The molecule has 26 heavy (non-hydrogen) atoms. The lowest BCUT2D eigenvalue weighted by Crippen LogP contribution is -2.30. The number of aryl methyl sites for hydroxylation is 1. The minimum Gasteiger partial charge on any atom is -0.326 e. The molecule has 1 aliphatic heterocycles. The number of anilines is 1. The predicted molar refractivity (Wildman–Crippen MR) is 103 cm³/mol. The molecule has 4 rings (SSSR count). The van der Waals surface area contributed by atoms with E-state index < -0.39 is 10.0 Å². The molecule has 1 heterocycles. The Morgan fingerprint density at radius 1 is 1.12 bits per heavy atom. The topological polar surface area (TPSA) is 75.3 Å². The standard InChI is InChI=1S/C19H19BrN2O3S/c20-15-11-16-14(8-9-18(23)21-16)10-17(15)26(24,25)22-19(13-6-7-13)12-4-2-1-3-5-12/h1-5,10-11,13,19,22H,6-9H2,(H,21,23). The fraction of sp³-hybridized carbons (Fsp3) is 0.316. The molecule has 1 fully saturated rings. The lowest BCUT2D eigenvalue weighted by atomic mass is 10.0. The Bertz CT molecular complexity index is 956. The summed E-state index contributed by atoms with van der Waals surface area (Å²) in [6, 6.07) is 12.8. The van der Waals surface area contributed by atoms with Crippen LogP contribution in [0.3, 0.4) is 0 Å². The summed E-state index contributed by atoms with van der Waals surface area (Å²) >= 11 is 3.36. The number of benzene rings is 2. The van der Waals surface area contributed by atoms with Crippen LogP contribution in [-0.4, -0.2) is 14.3 Å². The van der Waals surface area contributed by atoms with Crippen molar-refractivity contribution < 1.29 is 13.2 Å². The molecule has 0 radical (unpaired) electrons. The van der Waals surface area contributed by atoms with E-state index in [0.717, 1.165) is 24.0 Å². The normalized spacial score (nSPS) is 18.1. The number of amides is 1. The van der Waals surface area contributed by atoms with Crippen LogP contribution in [0.25, 0.3) is 0 Å². The van der Waals surface area contributed by atoms with Gasteiger partial charge < -0.3 is 5.32 Å². The zero-order valence-electron chi connectivity index (χ0n) is 14.0. The van der Waals surface area contributed by atoms with Gasteiger partial charge in [0, 0.05) is 22.6 Å². The largest absolute Gasteiger partial charge is 0.326 e. The van der Waals surface area contributed by atoms with E-state index >= 15 is 0 Å². The number of halogens is 1. The van der Waals surface area contributed by atoms with E-state index in [9.17, 15) is 13.2 Å². The number of fused-ring (bicyclic) bond motifs is 1. The van der Waals surface area contributed by atoms with Crippen molar-refractivity contribution in [2.75, 3.05) is 5.32 Å².